The summed E-state index contributed by atoms with van der Waals surface area (Å²) >= 11 is 0. The number of rotatable bonds is 8. The molecule has 5 aliphatic rings. The number of carbonyl (C=O) groups excluding carboxylic acids is 6. The molecule has 3 N–H and O–H groups in total. The number of nitriles is 1. The van der Waals surface area contributed by atoms with Crippen LogP contribution < -0.4 is 20.9 Å². The molecule has 3 aliphatic heterocycles. The molecule has 0 bridgehead atoms. The van der Waals surface area contributed by atoms with Gasteiger partial charge in [-0.1, -0.05) is 12.8 Å². The summed E-state index contributed by atoms with van der Waals surface area (Å²) in [6, 6.07) is 9.61. The van der Waals surface area contributed by atoms with Gasteiger partial charge in [0.05, 0.1) is 34.1 Å². The van der Waals surface area contributed by atoms with E-state index in [4.69, 9.17) is 0 Å². The molecule has 17 nitrogen and oxygen atoms in total. The first-order valence-corrected chi connectivity index (χ1v) is 21.2. The van der Waals surface area contributed by atoms with Gasteiger partial charge in [0.15, 0.2) is 11.5 Å². The van der Waals surface area contributed by atoms with E-state index in [9.17, 15) is 34.0 Å². The van der Waals surface area contributed by atoms with Gasteiger partial charge in [0, 0.05) is 79.1 Å². The molecule has 17 heteroatoms. The molecule has 61 heavy (non-hydrogen) atoms. The Hall–Kier alpha value is -6.70. The van der Waals surface area contributed by atoms with E-state index in [0.717, 1.165) is 36.3 Å². The highest BCUT2D eigenvalue weighted by molar-refractivity contribution is 6.23. The number of pyridine rings is 2. The van der Waals surface area contributed by atoms with E-state index in [1.165, 1.54) is 6.20 Å². The first kappa shape index (κ1) is 39.7. The van der Waals surface area contributed by atoms with E-state index >= 15 is 0 Å². The SMILES string of the molecule is C[C@@H]1CN(c2ccc3c(c2)C(=O)N(C2CCC(=O)NC2=O)C3=O)C[C@H](C)N1C(=O)C1CCC(NC(=O)c2cnc(-n3ncc4cc(C#N)cnc43)cc2NC2CCCC2)CC1. The lowest BCUT2D eigenvalue weighted by molar-refractivity contribution is -0.142. The molecule has 4 fully saturated rings. The fraction of sp³-hybridized carbons (Fsp3) is 0.455. The fourth-order valence-electron chi connectivity index (χ4n) is 9.88. The number of hydrogen-bond donors (Lipinski definition) is 3. The minimum Gasteiger partial charge on any atom is -0.382 e. The topological polar surface area (TPSA) is 216 Å². The zero-order valence-electron chi connectivity index (χ0n) is 34.1. The Morgan fingerprint density at radius 3 is 2.30 bits per heavy atom. The summed E-state index contributed by atoms with van der Waals surface area (Å²) in [5.41, 5.74) is 3.31. The van der Waals surface area contributed by atoms with Gasteiger partial charge in [-0.3, -0.25) is 39.0 Å². The number of anilines is 2. The lowest BCUT2D eigenvalue weighted by atomic mass is 9.84. The van der Waals surface area contributed by atoms with E-state index in [1.54, 1.807) is 41.3 Å². The molecule has 3 aromatic heterocycles. The number of nitrogens with one attached hydrogen (secondary N) is 3. The normalized spacial score (nSPS) is 24.5. The lowest BCUT2D eigenvalue weighted by Crippen LogP contribution is -2.60. The van der Waals surface area contributed by atoms with Gasteiger partial charge in [0.25, 0.3) is 17.7 Å². The highest BCUT2D eigenvalue weighted by Crippen LogP contribution is 2.34. The van der Waals surface area contributed by atoms with E-state index in [2.05, 4.69) is 42.0 Å². The summed E-state index contributed by atoms with van der Waals surface area (Å²) in [6.45, 7) is 5.09. The van der Waals surface area contributed by atoms with Crippen LogP contribution in [0.4, 0.5) is 11.4 Å². The van der Waals surface area contributed by atoms with Gasteiger partial charge in [0.1, 0.15) is 12.1 Å². The Labute approximate surface area is 351 Å². The van der Waals surface area contributed by atoms with Crippen LogP contribution in [0.25, 0.3) is 16.9 Å². The quantitative estimate of drug-likeness (QED) is 0.216. The van der Waals surface area contributed by atoms with E-state index < -0.39 is 29.7 Å². The van der Waals surface area contributed by atoms with Gasteiger partial charge in [-0.05, 0) is 83.1 Å². The third-order valence-electron chi connectivity index (χ3n) is 13.0. The summed E-state index contributed by atoms with van der Waals surface area (Å²) in [6.07, 6.45) is 11.7. The van der Waals surface area contributed by atoms with Gasteiger partial charge >= 0.3 is 0 Å². The molecule has 4 aromatic rings. The summed E-state index contributed by atoms with van der Waals surface area (Å²) in [5, 5.41) is 23.5. The fourth-order valence-corrected chi connectivity index (χ4v) is 9.88. The van der Waals surface area contributed by atoms with Crippen LogP contribution in [-0.2, 0) is 14.4 Å². The maximum atomic E-state index is 14.1. The van der Waals surface area contributed by atoms with Crippen molar-refractivity contribution in [1.82, 2.24) is 40.2 Å². The highest BCUT2D eigenvalue weighted by Gasteiger charge is 2.45. The maximum Gasteiger partial charge on any atom is 0.262 e. The van der Waals surface area contributed by atoms with Crippen LogP contribution in [0.15, 0.2) is 48.9 Å². The zero-order valence-corrected chi connectivity index (χ0v) is 34.1. The molecule has 0 radical (unpaired) electrons. The average Bonchev–Trinajstić information content (AvgIpc) is 3.99. The number of carbonyl (C=O) groups is 6. The predicted octanol–water partition coefficient (Wildman–Crippen LogP) is 3.86. The number of nitrogens with zero attached hydrogens (tertiary/aromatic N) is 8. The van der Waals surface area contributed by atoms with Crippen LogP contribution in [0.3, 0.4) is 0 Å². The van der Waals surface area contributed by atoms with Gasteiger partial charge in [-0.25, -0.2) is 9.97 Å². The molecule has 2 aliphatic carbocycles. The largest absolute Gasteiger partial charge is 0.382 e. The molecule has 314 valence electrons. The Bertz CT molecular complexity index is 2500. The first-order chi connectivity index (χ1) is 29.5. The summed E-state index contributed by atoms with van der Waals surface area (Å²) in [5.74, 6) is -1.96. The number of imide groups is 2. The van der Waals surface area contributed by atoms with E-state index in [-0.39, 0.29) is 65.9 Å². The number of aromatic nitrogens is 4. The molecule has 1 unspecified atom stereocenters. The summed E-state index contributed by atoms with van der Waals surface area (Å²) < 4.78 is 1.61. The minimum atomic E-state index is -1.03. The maximum absolute atomic E-state index is 14.1. The van der Waals surface area contributed by atoms with E-state index in [0.29, 0.717) is 72.4 Å². The third-order valence-corrected chi connectivity index (χ3v) is 13.0. The smallest absolute Gasteiger partial charge is 0.262 e. The Kier molecular flexibility index (Phi) is 10.5. The number of fused-ring (bicyclic) bond motifs is 2. The molecular weight excluding hydrogens is 779 g/mol. The number of piperidine rings is 1. The second-order valence-electron chi connectivity index (χ2n) is 17.1. The number of amides is 6. The van der Waals surface area contributed by atoms with Crippen LogP contribution in [0.1, 0.15) is 115 Å². The molecule has 3 atom stereocenters. The molecule has 6 amide bonds. The van der Waals surface area contributed by atoms with Gasteiger partial charge < -0.3 is 20.4 Å². The molecule has 1 aromatic carbocycles. The average molecular weight is 826 g/mol. The van der Waals surface area contributed by atoms with Crippen molar-refractivity contribution in [3.63, 3.8) is 0 Å². The molecule has 9 rings (SSSR count). The molecule has 2 saturated heterocycles. The monoisotopic (exact) mass is 825 g/mol. The highest BCUT2D eigenvalue weighted by atomic mass is 16.2. The number of benzene rings is 1. The van der Waals surface area contributed by atoms with Crippen LogP contribution in [0.5, 0.6) is 0 Å². The minimum absolute atomic E-state index is 0.0526. The molecule has 2 saturated carbocycles. The Morgan fingerprint density at radius 1 is 0.836 bits per heavy atom. The van der Waals surface area contributed by atoms with Crippen LogP contribution in [0.2, 0.25) is 0 Å². The van der Waals surface area contributed by atoms with Crippen LogP contribution >= 0.6 is 0 Å². The van der Waals surface area contributed by atoms with Gasteiger partial charge in [-0.2, -0.15) is 15.0 Å². The van der Waals surface area contributed by atoms with Gasteiger partial charge in [-0.15, -0.1) is 0 Å². The van der Waals surface area contributed by atoms with Crippen molar-refractivity contribution in [3.8, 4) is 11.9 Å². The third kappa shape index (κ3) is 7.44. The van der Waals surface area contributed by atoms with Crippen molar-refractivity contribution in [2.45, 2.75) is 108 Å². The first-order valence-electron chi connectivity index (χ1n) is 21.2. The zero-order chi connectivity index (χ0) is 42.5. The second kappa shape index (κ2) is 16.1. The van der Waals surface area contributed by atoms with Crippen LogP contribution in [-0.4, -0.2) is 108 Å². The standard InChI is InChI=1S/C44H47N11O6/c1-24-22-52(31-11-12-32-33(16-31)44(61)54(43(32)60)36-13-14-38(56)51-41(36)58)23-25(2)53(24)42(59)27-7-9-30(10-8-27)50-40(57)34-21-46-37(17-35(34)49-29-5-3-4-6-29)55-39-28(20-48-55)15-26(18-45)19-47-39/h11-12,15-17,19-21,24-25,27,29-30,36H,3-10,13-14,22-23H2,1-2H3,(H,46,49)(H,50,57)(H,51,56,58)/t24-,25+,27?,30?,36?. The summed E-state index contributed by atoms with van der Waals surface area (Å²) in [4.78, 5) is 93.1. The number of piperazine rings is 1. The van der Waals surface area contributed by atoms with Crippen molar-refractivity contribution in [2.75, 3.05) is 23.3 Å². The summed E-state index contributed by atoms with van der Waals surface area (Å²) in [7, 11) is 0. The molecular formula is C44H47N11O6. The molecule has 0 spiro atoms. The van der Waals surface area contributed by atoms with Crippen molar-refractivity contribution < 1.29 is 28.8 Å². The van der Waals surface area contributed by atoms with Crippen molar-refractivity contribution in [2.24, 2.45) is 5.92 Å². The van der Waals surface area contributed by atoms with Crippen molar-refractivity contribution in [1.29, 1.82) is 5.26 Å². The van der Waals surface area contributed by atoms with Crippen molar-refractivity contribution in [3.05, 3.63) is 71.2 Å². The number of hydrogen-bond acceptors (Lipinski definition) is 12. The van der Waals surface area contributed by atoms with E-state index in [1.807, 2.05) is 24.8 Å². The Morgan fingerprint density at radius 2 is 1.57 bits per heavy atom. The van der Waals surface area contributed by atoms with Crippen LogP contribution in [0, 0.1) is 17.2 Å². The second-order valence-corrected chi connectivity index (χ2v) is 17.1. The lowest BCUT2D eigenvalue weighted by Gasteiger charge is -2.47. The Balaban J connectivity index is 0.824. The van der Waals surface area contributed by atoms with Crippen molar-refractivity contribution >= 4 is 57.9 Å². The van der Waals surface area contributed by atoms with Gasteiger partial charge in [0.2, 0.25) is 17.7 Å². The molecule has 6 heterocycles. The predicted molar refractivity (Wildman–Crippen MR) is 222 cm³/mol.